The average Bonchev–Trinajstić information content (AvgIpc) is 3.08. The van der Waals surface area contributed by atoms with Crippen molar-refractivity contribution in [2.24, 2.45) is 0 Å². The molecule has 0 aliphatic heterocycles. The van der Waals surface area contributed by atoms with E-state index in [0.29, 0.717) is 23.1 Å². The smallest absolute Gasteiger partial charge is 0.230 e. The molecule has 3 aromatic carbocycles. The molecule has 0 saturated carbocycles. The van der Waals surface area contributed by atoms with E-state index in [2.05, 4.69) is 22.0 Å². The van der Waals surface area contributed by atoms with E-state index in [0.717, 1.165) is 21.8 Å². The molecule has 152 valence electrons. The van der Waals surface area contributed by atoms with E-state index in [9.17, 15) is 4.79 Å². The summed E-state index contributed by atoms with van der Waals surface area (Å²) in [6.45, 7) is 1.11. The summed E-state index contributed by atoms with van der Waals surface area (Å²) in [7, 11) is 0. The Morgan fingerprint density at radius 2 is 1.70 bits per heavy atom. The van der Waals surface area contributed by atoms with Crippen LogP contribution in [0.1, 0.15) is 11.1 Å². The van der Waals surface area contributed by atoms with Gasteiger partial charge >= 0.3 is 0 Å². The maximum atomic E-state index is 12.4. The quantitative estimate of drug-likeness (QED) is 0.358. The Hall–Kier alpha value is -2.47. The highest BCUT2D eigenvalue weighted by Gasteiger charge is 2.14. The molecule has 0 aliphatic carbocycles. The fourth-order valence-corrected chi connectivity index (χ4v) is 4.36. The van der Waals surface area contributed by atoms with Crippen molar-refractivity contribution in [3.05, 3.63) is 94.0 Å². The Bertz CT molecular complexity index is 1180. The van der Waals surface area contributed by atoms with Gasteiger partial charge in [-0.1, -0.05) is 77.4 Å². The number of hydrogen-bond donors (Lipinski definition) is 1. The number of benzene rings is 3. The standard InChI is InChI=1S/C23H19Cl2N3OS/c24-18-8-4-7-17(11-18)13-26-22(29)15-30-23-27-20-12-19(25)9-10-21(20)28(23)14-16-5-2-1-3-6-16/h1-12H,13-15H2,(H,26,29). The zero-order chi connectivity index (χ0) is 20.9. The Kier molecular flexibility index (Phi) is 6.62. The van der Waals surface area contributed by atoms with Crippen LogP contribution in [0.4, 0.5) is 0 Å². The first-order valence-electron chi connectivity index (χ1n) is 9.42. The molecule has 1 N–H and O–H groups in total. The Balaban J connectivity index is 1.48. The molecule has 4 rings (SSSR count). The minimum absolute atomic E-state index is 0.0590. The van der Waals surface area contributed by atoms with E-state index in [1.807, 2.05) is 60.7 Å². The first-order valence-corrected chi connectivity index (χ1v) is 11.2. The molecule has 0 radical (unpaired) electrons. The van der Waals surface area contributed by atoms with Crippen molar-refractivity contribution in [1.82, 2.24) is 14.9 Å². The SMILES string of the molecule is O=C(CSc1nc2cc(Cl)ccc2n1Cc1ccccc1)NCc1cccc(Cl)c1. The van der Waals surface area contributed by atoms with Crippen molar-refractivity contribution in [3.63, 3.8) is 0 Å². The first-order chi connectivity index (χ1) is 14.6. The number of carbonyl (C=O) groups excluding carboxylic acids is 1. The molecule has 4 aromatic rings. The molecule has 0 unspecified atom stereocenters. The summed E-state index contributed by atoms with van der Waals surface area (Å²) in [4.78, 5) is 17.1. The summed E-state index contributed by atoms with van der Waals surface area (Å²) < 4.78 is 2.12. The van der Waals surface area contributed by atoms with Crippen LogP contribution in [0, 0.1) is 0 Å². The second-order valence-electron chi connectivity index (χ2n) is 6.79. The van der Waals surface area contributed by atoms with E-state index >= 15 is 0 Å². The number of fused-ring (bicyclic) bond motifs is 1. The molecule has 0 spiro atoms. The summed E-state index contributed by atoms with van der Waals surface area (Å²) in [6, 6.07) is 23.3. The third-order valence-corrected chi connectivity index (χ3v) is 6.02. The second kappa shape index (κ2) is 9.56. The van der Waals surface area contributed by atoms with Gasteiger partial charge in [-0.2, -0.15) is 0 Å². The lowest BCUT2D eigenvalue weighted by Crippen LogP contribution is -2.24. The number of hydrogen-bond acceptors (Lipinski definition) is 3. The van der Waals surface area contributed by atoms with Crippen LogP contribution in [0.25, 0.3) is 11.0 Å². The topological polar surface area (TPSA) is 46.9 Å². The number of thioether (sulfide) groups is 1. The number of rotatable bonds is 7. The molecule has 1 amide bonds. The molecular formula is C23H19Cl2N3OS. The summed E-state index contributed by atoms with van der Waals surface area (Å²) in [5.74, 6) is 0.211. The molecule has 0 saturated heterocycles. The summed E-state index contributed by atoms with van der Waals surface area (Å²) in [5, 5.41) is 5.02. The molecule has 30 heavy (non-hydrogen) atoms. The van der Waals surface area contributed by atoms with Crippen molar-refractivity contribution in [2.75, 3.05) is 5.75 Å². The van der Waals surface area contributed by atoms with Gasteiger partial charge in [-0.15, -0.1) is 0 Å². The van der Waals surface area contributed by atoms with Gasteiger partial charge in [-0.05, 0) is 41.5 Å². The van der Waals surface area contributed by atoms with Crippen molar-refractivity contribution < 1.29 is 4.79 Å². The van der Waals surface area contributed by atoms with E-state index in [4.69, 9.17) is 28.2 Å². The van der Waals surface area contributed by atoms with Gasteiger partial charge in [0.15, 0.2) is 5.16 Å². The molecule has 0 atom stereocenters. The highest BCUT2D eigenvalue weighted by atomic mass is 35.5. The minimum atomic E-state index is -0.0590. The van der Waals surface area contributed by atoms with Gasteiger partial charge in [0.25, 0.3) is 0 Å². The maximum Gasteiger partial charge on any atom is 0.230 e. The Labute approximate surface area is 189 Å². The number of nitrogens with zero attached hydrogens (tertiary/aromatic N) is 2. The number of aromatic nitrogens is 2. The molecule has 0 fully saturated rings. The largest absolute Gasteiger partial charge is 0.351 e. The van der Waals surface area contributed by atoms with Crippen LogP contribution in [-0.4, -0.2) is 21.2 Å². The fraction of sp³-hybridized carbons (Fsp3) is 0.130. The maximum absolute atomic E-state index is 12.4. The lowest BCUT2D eigenvalue weighted by Gasteiger charge is -2.10. The van der Waals surface area contributed by atoms with Gasteiger partial charge in [0, 0.05) is 16.6 Å². The van der Waals surface area contributed by atoms with Gasteiger partial charge in [-0.3, -0.25) is 4.79 Å². The summed E-state index contributed by atoms with van der Waals surface area (Å²) in [5.41, 5.74) is 3.94. The predicted octanol–water partition coefficient (Wildman–Crippen LogP) is 5.80. The molecule has 4 nitrogen and oxygen atoms in total. The van der Waals surface area contributed by atoms with Crippen molar-refractivity contribution >= 4 is 51.9 Å². The monoisotopic (exact) mass is 455 g/mol. The van der Waals surface area contributed by atoms with E-state index in [1.54, 1.807) is 0 Å². The zero-order valence-electron chi connectivity index (χ0n) is 16.0. The predicted molar refractivity (Wildman–Crippen MR) is 124 cm³/mol. The van der Waals surface area contributed by atoms with Crippen LogP contribution >= 0.6 is 35.0 Å². The number of amides is 1. The van der Waals surface area contributed by atoms with Crippen molar-refractivity contribution in [3.8, 4) is 0 Å². The zero-order valence-corrected chi connectivity index (χ0v) is 18.3. The molecular weight excluding hydrogens is 437 g/mol. The highest BCUT2D eigenvalue weighted by molar-refractivity contribution is 7.99. The van der Waals surface area contributed by atoms with Gasteiger partial charge in [0.1, 0.15) is 0 Å². The van der Waals surface area contributed by atoms with Crippen LogP contribution in [0.3, 0.4) is 0 Å². The van der Waals surface area contributed by atoms with Crippen LogP contribution < -0.4 is 5.32 Å². The van der Waals surface area contributed by atoms with Crippen molar-refractivity contribution in [2.45, 2.75) is 18.2 Å². The molecule has 7 heteroatoms. The normalized spacial score (nSPS) is 11.0. The molecule has 0 aliphatic rings. The molecule has 1 aromatic heterocycles. The average molecular weight is 456 g/mol. The Morgan fingerprint density at radius 3 is 2.50 bits per heavy atom. The lowest BCUT2D eigenvalue weighted by molar-refractivity contribution is -0.118. The van der Waals surface area contributed by atoms with Crippen LogP contribution in [-0.2, 0) is 17.9 Å². The minimum Gasteiger partial charge on any atom is -0.351 e. The van der Waals surface area contributed by atoms with Crippen LogP contribution in [0.15, 0.2) is 78.0 Å². The van der Waals surface area contributed by atoms with E-state index in [-0.39, 0.29) is 11.7 Å². The van der Waals surface area contributed by atoms with Crippen molar-refractivity contribution in [1.29, 1.82) is 0 Å². The number of halogens is 2. The van der Waals surface area contributed by atoms with Crippen LogP contribution in [0.2, 0.25) is 10.0 Å². The third kappa shape index (κ3) is 5.17. The third-order valence-electron chi connectivity index (χ3n) is 4.57. The second-order valence-corrected chi connectivity index (χ2v) is 8.61. The summed E-state index contributed by atoms with van der Waals surface area (Å²) in [6.07, 6.45) is 0. The number of imidazole rings is 1. The van der Waals surface area contributed by atoms with Gasteiger partial charge in [0.05, 0.1) is 23.3 Å². The Morgan fingerprint density at radius 1 is 0.933 bits per heavy atom. The van der Waals surface area contributed by atoms with E-state index < -0.39 is 0 Å². The van der Waals surface area contributed by atoms with Gasteiger partial charge in [-0.25, -0.2) is 4.98 Å². The van der Waals surface area contributed by atoms with E-state index in [1.165, 1.54) is 17.3 Å². The number of carbonyl (C=O) groups is 1. The van der Waals surface area contributed by atoms with Gasteiger partial charge in [0.2, 0.25) is 5.91 Å². The first kappa shape index (κ1) is 20.8. The highest BCUT2D eigenvalue weighted by Crippen LogP contribution is 2.27. The summed E-state index contributed by atoms with van der Waals surface area (Å²) >= 11 is 13.6. The van der Waals surface area contributed by atoms with Crippen LogP contribution in [0.5, 0.6) is 0 Å². The number of nitrogens with one attached hydrogen (secondary N) is 1. The molecule has 1 heterocycles. The lowest BCUT2D eigenvalue weighted by atomic mass is 10.2. The fourth-order valence-electron chi connectivity index (χ4n) is 3.14. The molecule has 0 bridgehead atoms. The van der Waals surface area contributed by atoms with Gasteiger partial charge < -0.3 is 9.88 Å².